The second kappa shape index (κ2) is 5.94. The number of hydrogen-bond acceptors (Lipinski definition) is 3. The summed E-state index contributed by atoms with van der Waals surface area (Å²) < 4.78 is 0. The van der Waals surface area contributed by atoms with Crippen molar-refractivity contribution >= 4 is 29.6 Å². The van der Waals surface area contributed by atoms with Crippen molar-refractivity contribution in [2.24, 2.45) is 5.41 Å². The van der Waals surface area contributed by atoms with E-state index in [1.165, 1.54) is 11.8 Å². The molecule has 2 N–H and O–H groups in total. The van der Waals surface area contributed by atoms with Crippen LogP contribution in [-0.4, -0.2) is 23.0 Å². The molecule has 0 spiro atoms. The number of rotatable bonds is 4. The number of carbonyl (C=O) groups is 1. The molecule has 2 heterocycles. The number of aromatic nitrogens is 2. The van der Waals surface area contributed by atoms with Gasteiger partial charge in [0, 0.05) is 16.8 Å². The van der Waals surface area contributed by atoms with Gasteiger partial charge < -0.3 is 10.1 Å². The predicted molar refractivity (Wildman–Crippen MR) is 82.1 cm³/mol. The first kappa shape index (κ1) is 15.0. The topological polar surface area (TPSA) is 57.8 Å². The number of hydrogen-bond donors (Lipinski definition) is 2. The van der Waals surface area contributed by atoms with Gasteiger partial charge in [0.2, 0.25) is 0 Å². The molecule has 1 aliphatic heterocycles. The maximum absolute atomic E-state index is 11.7. The fraction of sp³-hybridized carbons (Fsp3) is 0.467. The molecule has 1 aromatic carbocycles. The summed E-state index contributed by atoms with van der Waals surface area (Å²) in [7, 11) is 0. The SMILES string of the molecule is CCCC1(C=O)CCNC1c1ccc2[nH]ncc2c1.Cl. The molecule has 4 nitrogen and oxygen atoms in total. The maximum Gasteiger partial charge on any atom is 0.128 e. The van der Waals surface area contributed by atoms with E-state index in [-0.39, 0.29) is 23.9 Å². The Bertz CT molecular complexity index is 598. The lowest BCUT2D eigenvalue weighted by Gasteiger charge is -2.29. The van der Waals surface area contributed by atoms with Gasteiger partial charge in [0.05, 0.1) is 11.7 Å². The molecule has 1 fully saturated rings. The summed E-state index contributed by atoms with van der Waals surface area (Å²) in [5.41, 5.74) is 1.98. The first-order valence-corrected chi connectivity index (χ1v) is 6.92. The summed E-state index contributed by atoms with van der Waals surface area (Å²) in [5, 5.41) is 11.6. The molecule has 0 saturated carbocycles. The number of aromatic amines is 1. The van der Waals surface area contributed by atoms with Gasteiger partial charge in [-0.2, -0.15) is 5.10 Å². The summed E-state index contributed by atoms with van der Waals surface area (Å²) in [6.45, 7) is 3.05. The largest absolute Gasteiger partial charge is 0.309 e. The molecule has 5 heteroatoms. The minimum absolute atomic E-state index is 0. The van der Waals surface area contributed by atoms with Crippen molar-refractivity contribution in [2.75, 3.05) is 6.54 Å². The molecular formula is C15H20ClN3O. The molecule has 20 heavy (non-hydrogen) atoms. The standard InChI is InChI=1S/C15H19N3O.ClH/c1-2-5-15(10-19)6-7-16-14(15)11-3-4-13-12(8-11)9-17-18-13;/h3-4,8-10,14,16H,2,5-7H2,1H3,(H,17,18);1H. The van der Waals surface area contributed by atoms with Gasteiger partial charge in [0.15, 0.2) is 0 Å². The Labute approximate surface area is 124 Å². The molecule has 0 aliphatic carbocycles. The van der Waals surface area contributed by atoms with Crippen LogP contribution in [0, 0.1) is 5.41 Å². The Hall–Kier alpha value is -1.39. The van der Waals surface area contributed by atoms with E-state index in [2.05, 4.69) is 34.6 Å². The van der Waals surface area contributed by atoms with Crippen LogP contribution in [0.5, 0.6) is 0 Å². The Morgan fingerprint density at radius 1 is 1.50 bits per heavy atom. The number of halogens is 1. The Morgan fingerprint density at radius 3 is 3.10 bits per heavy atom. The molecule has 2 unspecified atom stereocenters. The fourth-order valence-corrected chi connectivity index (χ4v) is 3.31. The lowest BCUT2D eigenvalue weighted by atomic mass is 9.75. The van der Waals surface area contributed by atoms with Crippen LogP contribution >= 0.6 is 12.4 Å². The molecule has 0 amide bonds. The van der Waals surface area contributed by atoms with Crippen molar-refractivity contribution < 1.29 is 4.79 Å². The molecular weight excluding hydrogens is 274 g/mol. The Morgan fingerprint density at radius 2 is 2.35 bits per heavy atom. The highest BCUT2D eigenvalue weighted by Gasteiger charge is 2.42. The van der Waals surface area contributed by atoms with Gasteiger partial charge in [-0.15, -0.1) is 12.4 Å². The Balaban J connectivity index is 0.00000147. The minimum atomic E-state index is -0.244. The van der Waals surface area contributed by atoms with Crippen LogP contribution < -0.4 is 5.32 Å². The van der Waals surface area contributed by atoms with Crippen molar-refractivity contribution in [3.05, 3.63) is 30.0 Å². The van der Waals surface area contributed by atoms with Crippen LogP contribution in [0.3, 0.4) is 0 Å². The van der Waals surface area contributed by atoms with E-state index < -0.39 is 0 Å². The number of nitrogens with zero attached hydrogens (tertiary/aromatic N) is 1. The van der Waals surface area contributed by atoms with Crippen LogP contribution in [0.2, 0.25) is 0 Å². The quantitative estimate of drug-likeness (QED) is 0.852. The third-order valence-electron chi connectivity index (χ3n) is 4.26. The summed E-state index contributed by atoms with van der Waals surface area (Å²) in [4.78, 5) is 11.7. The molecule has 0 radical (unpaired) electrons. The monoisotopic (exact) mass is 293 g/mol. The van der Waals surface area contributed by atoms with Crippen molar-refractivity contribution in [3.63, 3.8) is 0 Å². The normalized spacial score (nSPS) is 25.6. The van der Waals surface area contributed by atoms with Crippen molar-refractivity contribution in [1.82, 2.24) is 15.5 Å². The average Bonchev–Trinajstić information content (AvgIpc) is 3.04. The highest BCUT2D eigenvalue weighted by atomic mass is 35.5. The summed E-state index contributed by atoms with van der Waals surface area (Å²) in [6, 6.07) is 6.40. The molecule has 3 rings (SSSR count). The number of fused-ring (bicyclic) bond motifs is 1. The average molecular weight is 294 g/mol. The first-order valence-electron chi connectivity index (χ1n) is 6.92. The third-order valence-corrected chi connectivity index (χ3v) is 4.26. The van der Waals surface area contributed by atoms with Crippen molar-refractivity contribution in [3.8, 4) is 0 Å². The van der Waals surface area contributed by atoms with Crippen LogP contribution in [0.25, 0.3) is 10.9 Å². The summed E-state index contributed by atoms with van der Waals surface area (Å²) in [6.07, 6.45) is 5.90. The highest BCUT2D eigenvalue weighted by Crippen LogP contribution is 2.43. The van der Waals surface area contributed by atoms with Crippen LogP contribution in [-0.2, 0) is 4.79 Å². The van der Waals surface area contributed by atoms with Crippen molar-refractivity contribution in [1.29, 1.82) is 0 Å². The van der Waals surface area contributed by atoms with Gasteiger partial charge in [-0.3, -0.25) is 5.10 Å². The van der Waals surface area contributed by atoms with Crippen LogP contribution in [0.4, 0.5) is 0 Å². The fourth-order valence-electron chi connectivity index (χ4n) is 3.31. The number of benzene rings is 1. The molecule has 1 saturated heterocycles. The van der Waals surface area contributed by atoms with E-state index in [0.29, 0.717) is 0 Å². The zero-order valence-corrected chi connectivity index (χ0v) is 12.4. The highest BCUT2D eigenvalue weighted by molar-refractivity contribution is 5.85. The Kier molecular flexibility index (Phi) is 4.45. The predicted octanol–water partition coefficient (Wildman–Crippen LogP) is 3.00. The molecule has 1 aliphatic rings. The maximum atomic E-state index is 11.7. The van der Waals surface area contributed by atoms with E-state index >= 15 is 0 Å². The van der Waals surface area contributed by atoms with E-state index in [4.69, 9.17) is 0 Å². The lowest BCUT2D eigenvalue weighted by molar-refractivity contribution is -0.117. The van der Waals surface area contributed by atoms with E-state index in [9.17, 15) is 4.79 Å². The van der Waals surface area contributed by atoms with Gasteiger partial charge in [-0.05, 0) is 37.1 Å². The van der Waals surface area contributed by atoms with Crippen molar-refractivity contribution in [2.45, 2.75) is 32.2 Å². The number of carbonyl (C=O) groups excluding carboxylic acids is 1. The van der Waals surface area contributed by atoms with Gasteiger partial charge in [0.25, 0.3) is 0 Å². The number of nitrogens with one attached hydrogen (secondary N) is 2. The van der Waals surface area contributed by atoms with E-state index in [1.54, 1.807) is 0 Å². The second-order valence-corrected chi connectivity index (χ2v) is 5.45. The smallest absolute Gasteiger partial charge is 0.128 e. The lowest BCUT2D eigenvalue weighted by Crippen LogP contribution is -2.30. The number of aldehydes is 1. The van der Waals surface area contributed by atoms with Gasteiger partial charge in [0.1, 0.15) is 6.29 Å². The number of H-pyrrole nitrogens is 1. The summed E-state index contributed by atoms with van der Waals surface area (Å²) >= 11 is 0. The van der Waals surface area contributed by atoms with Gasteiger partial charge >= 0.3 is 0 Å². The van der Waals surface area contributed by atoms with Gasteiger partial charge in [-0.25, -0.2) is 0 Å². The zero-order valence-electron chi connectivity index (χ0n) is 11.6. The molecule has 108 valence electrons. The zero-order chi connectivity index (χ0) is 13.3. The molecule has 0 bridgehead atoms. The molecule has 1 aromatic heterocycles. The van der Waals surface area contributed by atoms with E-state index in [1.807, 2.05) is 12.3 Å². The molecule has 2 aromatic rings. The van der Waals surface area contributed by atoms with E-state index in [0.717, 1.165) is 36.7 Å². The summed E-state index contributed by atoms with van der Waals surface area (Å²) in [5.74, 6) is 0. The third kappa shape index (κ3) is 2.34. The first-order chi connectivity index (χ1) is 9.29. The second-order valence-electron chi connectivity index (χ2n) is 5.45. The van der Waals surface area contributed by atoms with Crippen LogP contribution in [0.1, 0.15) is 37.8 Å². The minimum Gasteiger partial charge on any atom is -0.309 e. The van der Waals surface area contributed by atoms with Crippen LogP contribution in [0.15, 0.2) is 24.4 Å². The van der Waals surface area contributed by atoms with Gasteiger partial charge in [-0.1, -0.05) is 19.4 Å². The molecule has 2 atom stereocenters.